The molecule has 0 amide bonds. The highest BCUT2D eigenvalue weighted by atomic mass is 32.1. The molecule has 0 bridgehead atoms. The molecule has 0 saturated carbocycles. The van der Waals surface area contributed by atoms with Crippen molar-refractivity contribution in [2.45, 2.75) is 0 Å². The van der Waals surface area contributed by atoms with Gasteiger partial charge >= 0.3 is 0 Å². The van der Waals surface area contributed by atoms with Crippen LogP contribution in [0.2, 0.25) is 0 Å². The van der Waals surface area contributed by atoms with E-state index in [0.717, 1.165) is 50.3 Å². The van der Waals surface area contributed by atoms with E-state index in [1.165, 1.54) is 31.3 Å². The molecule has 3 heterocycles. The second kappa shape index (κ2) is 10.5. The Bertz CT molecular complexity index is 2480. The van der Waals surface area contributed by atoms with Crippen molar-refractivity contribution in [2.24, 2.45) is 0 Å². The van der Waals surface area contributed by atoms with Crippen LogP contribution in [0.25, 0.3) is 64.5 Å². The van der Waals surface area contributed by atoms with Crippen molar-refractivity contribution in [1.82, 2.24) is 4.98 Å². The molecule has 0 aliphatic heterocycles. The van der Waals surface area contributed by atoms with E-state index >= 15 is 0 Å². The largest absolute Gasteiger partial charge is 0.454 e. The summed E-state index contributed by atoms with van der Waals surface area (Å²) in [4.78, 5) is 7.09. The van der Waals surface area contributed by atoms with E-state index in [0.29, 0.717) is 0 Å². The van der Waals surface area contributed by atoms with Crippen molar-refractivity contribution in [2.75, 3.05) is 4.90 Å². The van der Waals surface area contributed by atoms with Gasteiger partial charge in [-0.1, -0.05) is 97.1 Å². The molecule has 0 unspecified atom stereocenters. The first-order chi connectivity index (χ1) is 22.3. The van der Waals surface area contributed by atoms with Crippen molar-refractivity contribution in [3.8, 4) is 22.4 Å². The van der Waals surface area contributed by atoms with Gasteiger partial charge in [0.15, 0.2) is 5.58 Å². The van der Waals surface area contributed by atoms with Crippen LogP contribution in [0.3, 0.4) is 0 Å². The van der Waals surface area contributed by atoms with Crippen LogP contribution in [0.4, 0.5) is 17.1 Å². The monoisotopic (exact) mass is 594 g/mol. The van der Waals surface area contributed by atoms with Gasteiger partial charge in [0.1, 0.15) is 5.58 Å². The summed E-state index contributed by atoms with van der Waals surface area (Å²) in [5, 5.41) is 4.79. The van der Waals surface area contributed by atoms with Crippen molar-refractivity contribution < 1.29 is 4.42 Å². The average molecular weight is 595 g/mol. The molecule has 0 atom stereocenters. The molecule has 212 valence electrons. The van der Waals surface area contributed by atoms with Crippen molar-refractivity contribution in [3.05, 3.63) is 158 Å². The molecule has 3 nitrogen and oxygen atoms in total. The Kier molecular flexibility index (Phi) is 6.00. The number of anilines is 3. The highest BCUT2D eigenvalue weighted by molar-refractivity contribution is 7.25. The van der Waals surface area contributed by atoms with E-state index in [1.54, 1.807) is 0 Å². The van der Waals surface area contributed by atoms with Gasteiger partial charge in [-0.15, -0.1) is 11.3 Å². The number of furan rings is 1. The minimum absolute atomic E-state index is 0.804. The Labute approximate surface area is 264 Å². The molecule has 45 heavy (non-hydrogen) atoms. The van der Waals surface area contributed by atoms with Gasteiger partial charge < -0.3 is 9.32 Å². The van der Waals surface area contributed by atoms with E-state index in [2.05, 4.69) is 138 Å². The van der Waals surface area contributed by atoms with Crippen LogP contribution < -0.4 is 4.90 Å². The minimum Gasteiger partial charge on any atom is -0.454 e. The molecule has 0 radical (unpaired) electrons. The predicted octanol–water partition coefficient (Wildman–Crippen LogP) is 12.2. The predicted molar refractivity (Wildman–Crippen MR) is 190 cm³/mol. The standard InChI is InChI=1S/C41H26N2OS/c1-2-8-27(9-3-1)28-14-18-30(19-15-28)43(32-22-23-35-34-11-5-7-13-40(34)45-41(35)24-32)31-20-16-29(17-21-31)37-25-36-33-10-4-6-12-38(33)44-39(36)26-42-37/h1-26H. The number of aromatic nitrogens is 1. The molecular formula is C41H26N2OS. The second-order valence-corrected chi connectivity index (χ2v) is 12.3. The highest BCUT2D eigenvalue weighted by Crippen LogP contribution is 2.41. The number of rotatable bonds is 5. The summed E-state index contributed by atoms with van der Waals surface area (Å²) in [5.74, 6) is 0. The third-order valence-electron chi connectivity index (χ3n) is 8.54. The third-order valence-corrected chi connectivity index (χ3v) is 9.67. The molecule has 0 spiro atoms. The Balaban J connectivity index is 1.14. The number of fused-ring (bicyclic) bond motifs is 6. The van der Waals surface area contributed by atoms with Gasteiger partial charge in [-0.05, 0) is 65.7 Å². The molecule has 4 heteroatoms. The molecule has 0 N–H and O–H groups in total. The molecule has 0 aliphatic carbocycles. The van der Waals surface area contributed by atoms with Crippen LogP contribution in [0.15, 0.2) is 162 Å². The summed E-state index contributed by atoms with van der Waals surface area (Å²) in [6.07, 6.45) is 1.83. The van der Waals surface area contributed by atoms with E-state index in [4.69, 9.17) is 9.40 Å². The van der Waals surface area contributed by atoms with Gasteiger partial charge in [-0.3, -0.25) is 4.98 Å². The van der Waals surface area contributed by atoms with Gasteiger partial charge in [0.2, 0.25) is 0 Å². The zero-order valence-corrected chi connectivity index (χ0v) is 25.0. The number of hydrogen-bond acceptors (Lipinski definition) is 4. The number of nitrogens with zero attached hydrogens (tertiary/aromatic N) is 2. The first-order valence-corrected chi connectivity index (χ1v) is 15.8. The second-order valence-electron chi connectivity index (χ2n) is 11.2. The summed E-state index contributed by atoms with van der Waals surface area (Å²) in [6.45, 7) is 0. The lowest BCUT2D eigenvalue weighted by molar-refractivity contribution is 0.667. The van der Waals surface area contributed by atoms with Crippen LogP contribution in [-0.4, -0.2) is 4.98 Å². The van der Waals surface area contributed by atoms with Crippen LogP contribution in [0.1, 0.15) is 0 Å². The minimum atomic E-state index is 0.804. The van der Waals surface area contributed by atoms with E-state index in [-0.39, 0.29) is 0 Å². The Morgan fingerprint density at radius 3 is 1.87 bits per heavy atom. The maximum absolute atomic E-state index is 6.01. The Morgan fingerprint density at radius 2 is 1.07 bits per heavy atom. The number of para-hydroxylation sites is 1. The molecule has 0 fully saturated rings. The van der Waals surface area contributed by atoms with Gasteiger partial charge in [0.05, 0.1) is 11.9 Å². The first kappa shape index (κ1) is 25.8. The highest BCUT2D eigenvalue weighted by Gasteiger charge is 2.16. The SMILES string of the molecule is c1ccc(-c2ccc(N(c3ccc(-c4cc5c(cn4)oc4ccccc45)cc3)c3ccc4c(c3)sc3ccccc34)cc2)cc1. The fourth-order valence-electron chi connectivity index (χ4n) is 6.30. The zero-order chi connectivity index (χ0) is 29.7. The maximum Gasteiger partial charge on any atom is 0.153 e. The zero-order valence-electron chi connectivity index (χ0n) is 24.2. The Morgan fingerprint density at radius 1 is 0.444 bits per heavy atom. The lowest BCUT2D eigenvalue weighted by Gasteiger charge is -2.26. The Hall–Kier alpha value is -5.71. The van der Waals surface area contributed by atoms with Crippen LogP contribution >= 0.6 is 11.3 Å². The summed E-state index contributed by atoms with van der Waals surface area (Å²) < 4.78 is 8.60. The van der Waals surface area contributed by atoms with E-state index < -0.39 is 0 Å². The smallest absolute Gasteiger partial charge is 0.153 e. The summed E-state index contributed by atoms with van der Waals surface area (Å²) in [7, 11) is 0. The number of thiophene rings is 1. The number of pyridine rings is 1. The quantitative estimate of drug-likeness (QED) is 0.198. The molecule has 9 aromatic rings. The van der Waals surface area contributed by atoms with E-state index in [1.807, 2.05) is 35.7 Å². The fourth-order valence-corrected chi connectivity index (χ4v) is 7.44. The normalized spacial score (nSPS) is 11.6. The summed E-state index contributed by atoms with van der Waals surface area (Å²) in [5.41, 5.74) is 9.39. The molecule has 6 aromatic carbocycles. The average Bonchev–Trinajstić information content (AvgIpc) is 3.67. The summed E-state index contributed by atoms with van der Waals surface area (Å²) in [6, 6.07) is 53.8. The van der Waals surface area contributed by atoms with Gasteiger partial charge in [0, 0.05) is 53.6 Å². The molecule has 0 saturated heterocycles. The third kappa shape index (κ3) is 4.46. The molecule has 0 aliphatic rings. The topological polar surface area (TPSA) is 29.3 Å². The lowest BCUT2D eigenvalue weighted by atomic mass is 10.0. The van der Waals surface area contributed by atoms with Crippen LogP contribution in [-0.2, 0) is 0 Å². The van der Waals surface area contributed by atoms with Gasteiger partial charge in [-0.2, -0.15) is 0 Å². The van der Waals surface area contributed by atoms with Crippen molar-refractivity contribution in [1.29, 1.82) is 0 Å². The number of benzene rings is 6. The van der Waals surface area contributed by atoms with Crippen LogP contribution in [0, 0.1) is 0 Å². The van der Waals surface area contributed by atoms with Crippen molar-refractivity contribution in [3.63, 3.8) is 0 Å². The number of hydrogen-bond donors (Lipinski definition) is 0. The van der Waals surface area contributed by atoms with Gasteiger partial charge in [0.25, 0.3) is 0 Å². The lowest BCUT2D eigenvalue weighted by Crippen LogP contribution is -2.09. The van der Waals surface area contributed by atoms with Gasteiger partial charge in [-0.25, -0.2) is 0 Å². The molecule has 3 aromatic heterocycles. The van der Waals surface area contributed by atoms with E-state index in [9.17, 15) is 0 Å². The first-order valence-electron chi connectivity index (χ1n) is 15.0. The fraction of sp³-hybridized carbons (Fsp3) is 0. The van der Waals surface area contributed by atoms with Crippen LogP contribution in [0.5, 0.6) is 0 Å². The van der Waals surface area contributed by atoms with Crippen molar-refractivity contribution >= 4 is 70.5 Å². The summed E-state index contributed by atoms with van der Waals surface area (Å²) >= 11 is 1.84. The maximum atomic E-state index is 6.01. The molecular weight excluding hydrogens is 569 g/mol. The molecule has 9 rings (SSSR count).